The van der Waals surface area contributed by atoms with Crippen molar-refractivity contribution in [2.24, 2.45) is 0 Å². The Morgan fingerprint density at radius 3 is 2.45 bits per heavy atom. The smallest absolute Gasteiger partial charge is 0.158 e. The maximum Gasteiger partial charge on any atom is 0.158 e. The molecule has 1 atom stereocenters. The van der Waals surface area contributed by atoms with Crippen LogP contribution in [-0.2, 0) is 4.79 Å². The summed E-state index contributed by atoms with van der Waals surface area (Å²) >= 11 is 0. The minimum absolute atomic E-state index is 0.157. The first-order valence-corrected chi connectivity index (χ1v) is 3.96. The van der Waals surface area contributed by atoms with Crippen molar-refractivity contribution < 1.29 is 9.90 Å². The van der Waals surface area contributed by atoms with Crippen molar-refractivity contribution in [2.75, 3.05) is 6.54 Å². The Labute approximate surface area is 67.8 Å². The van der Waals surface area contributed by atoms with E-state index >= 15 is 0 Å². The lowest BCUT2D eigenvalue weighted by molar-refractivity contribution is -0.125. The predicted molar refractivity (Wildman–Crippen MR) is 44.4 cm³/mol. The fourth-order valence-corrected chi connectivity index (χ4v) is 0.712. The van der Waals surface area contributed by atoms with Crippen LogP contribution in [-0.4, -0.2) is 29.6 Å². The van der Waals surface area contributed by atoms with Crippen LogP contribution in [0.4, 0.5) is 0 Å². The SMILES string of the molecule is CC(=O)C(O)CCNC(C)C. The normalized spacial score (nSPS) is 13.5. The molecule has 0 saturated carbocycles. The van der Waals surface area contributed by atoms with Gasteiger partial charge in [-0.05, 0) is 19.9 Å². The first-order chi connectivity index (χ1) is 5.04. The minimum Gasteiger partial charge on any atom is -0.385 e. The van der Waals surface area contributed by atoms with Gasteiger partial charge in [0.2, 0.25) is 0 Å². The molecular weight excluding hydrogens is 142 g/mol. The number of carbonyl (C=O) groups excluding carboxylic acids is 1. The zero-order valence-corrected chi connectivity index (χ0v) is 7.42. The van der Waals surface area contributed by atoms with E-state index in [9.17, 15) is 4.79 Å². The fraction of sp³-hybridized carbons (Fsp3) is 0.875. The molecule has 0 heterocycles. The molecule has 3 nitrogen and oxygen atoms in total. The number of hydrogen-bond donors (Lipinski definition) is 2. The van der Waals surface area contributed by atoms with E-state index in [1.54, 1.807) is 0 Å². The summed E-state index contributed by atoms with van der Waals surface area (Å²) < 4.78 is 0. The molecule has 0 aliphatic heterocycles. The Morgan fingerprint density at radius 2 is 2.09 bits per heavy atom. The molecule has 66 valence electrons. The van der Waals surface area contributed by atoms with Gasteiger partial charge >= 0.3 is 0 Å². The van der Waals surface area contributed by atoms with Crippen LogP contribution < -0.4 is 5.32 Å². The van der Waals surface area contributed by atoms with Crippen LogP contribution in [0.15, 0.2) is 0 Å². The summed E-state index contributed by atoms with van der Waals surface area (Å²) in [5.41, 5.74) is 0. The highest BCUT2D eigenvalue weighted by Crippen LogP contribution is 1.91. The molecule has 0 aliphatic rings. The van der Waals surface area contributed by atoms with Gasteiger partial charge in [0.25, 0.3) is 0 Å². The van der Waals surface area contributed by atoms with Crippen LogP contribution in [0, 0.1) is 0 Å². The second-order valence-electron chi connectivity index (χ2n) is 3.02. The molecule has 0 fully saturated rings. The van der Waals surface area contributed by atoms with Gasteiger partial charge in [0.05, 0.1) is 0 Å². The standard InChI is InChI=1S/C8H17NO2/c1-6(2)9-5-4-8(11)7(3)10/h6,8-9,11H,4-5H2,1-3H3. The Morgan fingerprint density at radius 1 is 1.55 bits per heavy atom. The van der Waals surface area contributed by atoms with Gasteiger partial charge in [-0.2, -0.15) is 0 Å². The topological polar surface area (TPSA) is 49.3 Å². The van der Waals surface area contributed by atoms with Crippen molar-refractivity contribution in [3.63, 3.8) is 0 Å². The van der Waals surface area contributed by atoms with Crippen molar-refractivity contribution >= 4 is 5.78 Å². The molecular formula is C8H17NO2. The maximum atomic E-state index is 10.5. The fourth-order valence-electron chi connectivity index (χ4n) is 0.712. The van der Waals surface area contributed by atoms with Gasteiger partial charge in [0.1, 0.15) is 6.10 Å². The van der Waals surface area contributed by atoms with E-state index in [1.807, 2.05) is 13.8 Å². The molecule has 3 heteroatoms. The first kappa shape index (κ1) is 10.6. The van der Waals surface area contributed by atoms with E-state index in [-0.39, 0.29) is 5.78 Å². The summed E-state index contributed by atoms with van der Waals surface area (Å²) in [6, 6.07) is 0.411. The lowest BCUT2D eigenvalue weighted by Crippen LogP contribution is -2.28. The zero-order chi connectivity index (χ0) is 8.85. The van der Waals surface area contributed by atoms with Crippen LogP contribution in [0.1, 0.15) is 27.2 Å². The third-order valence-electron chi connectivity index (χ3n) is 1.44. The molecule has 0 aromatic heterocycles. The number of carbonyl (C=O) groups is 1. The molecule has 0 aliphatic carbocycles. The third kappa shape index (κ3) is 6.01. The van der Waals surface area contributed by atoms with Gasteiger partial charge in [-0.1, -0.05) is 13.8 Å². The van der Waals surface area contributed by atoms with Crippen molar-refractivity contribution in [3.8, 4) is 0 Å². The highest BCUT2D eigenvalue weighted by Gasteiger charge is 2.08. The van der Waals surface area contributed by atoms with Crippen LogP contribution in [0.2, 0.25) is 0 Å². The van der Waals surface area contributed by atoms with Gasteiger partial charge in [-0.25, -0.2) is 0 Å². The van der Waals surface area contributed by atoms with E-state index in [4.69, 9.17) is 5.11 Å². The van der Waals surface area contributed by atoms with Crippen LogP contribution >= 0.6 is 0 Å². The van der Waals surface area contributed by atoms with Crippen LogP contribution in [0.3, 0.4) is 0 Å². The van der Waals surface area contributed by atoms with Crippen LogP contribution in [0.25, 0.3) is 0 Å². The molecule has 0 aromatic carbocycles. The zero-order valence-electron chi connectivity index (χ0n) is 7.42. The highest BCUT2D eigenvalue weighted by atomic mass is 16.3. The van der Waals surface area contributed by atoms with Gasteiger partial charge in [-0.3, -0.25) is 4.79 Å². The second-order valence-corrected chi connectivity index (χ2v) is 3.02. The molecule has 0 bridgehead atoms. The average molecular weight is 159 g/mol. The van der Waals surface area contributed by atoms with E-state index < -0.39 is 6.10 Å². The Hall–Kier alpha value is -0.410. The van der Waals surface area contributed by atoms with E-state index in [1.165, 1.54) is 6.92 Å². The summed E-state index contributed by atoms with van der Waals surface area (Å²) in [4.78, 5) is 10.5. The molecule has 2 N–H and O–H groups in total. The molecule has 11 heavy (non-hydrogen) atoms. The van der Waals surface area contributed by atoms with Crippen molar-refractivity contribution in [1.82, 2.24) is 5.32 Å². The van der Waals surface area contributed by atoms with Crippen molar-refractivity contribution in [2.45, 2.75) is 39.3 Å². The molecule has 0 rings (SSSR count). The number of Topliss-reactive ketones (excluding diaryl/α,β-unsaturated/α-hetero) is 1. The summed E-state index contributed by atoms with van der Waals surface area (Å²) in [6.07, 6.45) is -0.283. The number of rotatable bonds is 5. The molecule has 0 saturated heterocycles. The summed E-state index contributed by atoms with van der Waals surface area (Å²) in [6.45, 7) is 6.15. The minimum atomic E-state index is -0.791. The number of hydrogen-bond acceptors (Lipinski definition) is 3. The van der Waals surface area contributed by atoms with Crippen molar-refractivity contribution in [1.29, 1.82) is 0 Å². The summed E-state index contributed by atoms with van der Waals surface area (Å²) in [5.74, 6) is -0.157. The number of aliphatic hydroxyl groups is 1. The van der Waals surface area contributed by atoms with Crippen LogP contribution in [0.5, 0.6) is 0 Å². The lowest BCUT2D eigenvalue weighted by Gasteiger charge is -2.09. The highest BCUT2D eigenvalue weighted by molar-refractivity contribution is 5.80. The molecule has 1 unspecified atom stereocenters. The average Bonchev–Trinajstić information content (AvgIpc) is 1.86. The number of ketones is 1. The number of nitrogens with one attached hydrogen (secondary N) is 1. The molecule has 0 aromatic rings. The van der Waals surface area contributed by atoms with E-state index in [2.05, 4.69) is 5.32 Å². The molecule has 0 spiro atoms. The van der Waals surface area contributed by atoms with Gasteiger partial charge < -0.3 is 10.4 Å². The largest absolute Gasteiger partial charge is 0.385 e. The molecule has 0 radical (unpaired) electrons. The second kappa shape index (κ2) is 5.27. The Balaban J connectivity index is 3.31. The summed E-state index contributed by atoms with van der Waals surface area (Å²) in [7, 11) is 0. The van der Waals surface area contributed by atoms with E-state index in [0.717, 1.165) is 0 Å². The monoisotopic (exact) mass is 159 g/mol. The van der Waals surface area contributed by atoms with Crippen molar-refractivity contribution in [3.05, 3.63) is 0 Å². The maximum absolute atomic E-state index is 10.5. The Kier molecular flexibility index (Phi) is 5.07. The number of aliphatic hydroxyl groups excluding tert-OH is 1. The molecule has 0 amide bonds. The van der Waals surface area contributed by atoms with Gasteiger partial charge in [0.15, 0.2) is 5.78 Å². The quantitative estimate of drug-likeness (QED) is 0.607. The Bertz CT molecular complexity index is 123. The summed E-state index contributed by atoms with van der Waals surface area (Å²) in [5, 5.41) is 12.2. The first-order valence-electron chi connectivity index (χ1n) is 3.96. The van der Waals surface area contributed by atoms with Gasteiger partial charge in [-0.15, -0.1) is 0 Å². The lowest BCUT2D eigenvalue weighted by atomic mass is 10.2. The third-order valence-corrected chi connectivity index (χ3v) is 1.44. The predicted octanol–water partition coefficient (Wildman–Crippen LogP) is 0.324. The van der Waals surface area contributed by atoms with E-state index in [0.29, 0.717) is 19.0 Å². The van der Waals surface area contributed by atoms with Gasteiger partial charge in [0, 0.05) is 6.04 Å².